The fourth-order valence-corrected chi connectivity index (χ4v) is 3.62. The van der Waals surface area contributed by atoms with E-state index in [0.29, 0.717) is 23.7 Å². The Hall–Kier alpha value is -3.87. The Balaban J connectivity index is 1.76. The highest BCUT2D eigenvalue weighted by molar-refractivity contribution is 6.43. The van der Waals surface area contributed by atoms with Crippen LogP contribution in [0, 0.1) is 5.92 Å². The average Bonchev–Trinajstić information content (AvgIpc) is 3.51. The van der Waals surface area contributed by atoms with Crippen molar-refractivity contribution < 1.29 is 28.0 Å². The first-order valence-electron chi connectivity index (χ1n) is 9.38. The summed E-state index contributed by atoms with van der Waals surface area (Å²) in [6, 6.07) is 12.6. The summed E-state index contributed by atoms with van der Waals surface area (Å²) in [6.07, 6.45) is 4.46. The van der Waals surface area contributed by atoms with Gasteiger partial charge in [0.05, 0.1) is 25.1 Å². The lowest BCUT2D eigenvalue weighted by atomic mass is 9.88. The van der Waals surface area contributed by atoms with Crippen LogP contribution in [0.5, 0.6) is 5.75 Å². The lowest BCUT2D eigenvalue weighted by Gasteiger charge is -2.26. The largest absolute Gasteiger partial charge is 0.490 e. The Morgan fingerprint density at radius 3 is 2.60 bits per heavy atom. The maximum atomic E-state index is 13.1. The van der Waals surface area contributed by atoms with Crippen molar-refractivity contribution in [2.24, 2.45) is 5.92 Å². The number of amides is 1. The standard InChI is InChI=1S/C23H19NO6/c1-2-10-28-16-7-3-6-15(13-16)20-19(21(25)18-9-5-12-30-18)22(26)23(27)24(20)14-17-8-4-11-29-17/h2-9,11-13,19-20H,1,10,14H2. The molecule has 0 spiro atoms. The molecule has 0 bridgehead atoms. The van der Waals surface area contributed by atoms with E-state index < -0.39 is 29.4 Å². The van der Waals surface area contributed by atoms with Gasteiger partial charge in [-0.15, -0.1) is 0 Å². The van der Waals surface area contributed by atoms with E-state index in [4.69, 9.17) is 13.6 Å². The van der Waals surface area contributed by atoms with Crippen molar-refractivity contribution in [2.75, 3.05) is 6.61 Å². The van der Waals surface area contributed by atoms with Crippen LogP contribution < -0.4 is 4.74 Å². The Labute approximate surface area is 172 Å². The van der Waals surface area contributed by atoms with Crippen LogP contribution >= 0.6 is 0 Å². The van der Waals surface area contributed by atoms with E-state index in [1.54, 1.807) is 48.5 Å². The first-order chi connectivity index (χ1) is 14.6. The molecule has 1 amide bonds. The summed E-state index contributed by atoms with van der Waals surface area (Å²) in [6.45, 7) is 3.98. The number of ketones is 2. The second-order valence-electron chi connectivity index (χ2n) is 6.81. The molecule has 3 heterocycles. The number of hydrogen-bond donors (Lipinski definition) is 0. The van der Waals surface area contributed by atoms with Gasteiger partial charge in [0.1, 0.15) is 24.0 Å². The molecule has 3 aromatic rings. The number of Topliss-reactive ketones (excluding diaryl/α,β-unsaturated/α-hetero) is 2. The summed E-state index contributed by atoms with van der Waals surface area (Å²) in [7, 11) is 0. The maximum absolute atomic E-state index is 13.1. The SMILES string of the molecule is C=CCOc1cccc(C2C(C(=O)c3ccco3)C(=O)C(=O)N2Cc2ccco2)c1. The molecule has 1 aliphatic rings. The molecule has 0 N–H and O–H groups in total. The molecule has 0 saturated carbocycles. The fraction of sp³-hybridized carbons (Fsp3) is 0.174. The van der Waals surface area contributed by atoms with E-state index in [2.05, 4.69) is 6.58 Å². The van der Waals surface area contributed by atoms with E-state index in [1.165, 1.54) is 23.5 Å². The molecule has 152 valence electrons. The van der Waals surface area contributed by atoms with Crippen molar-refractivity contribution >= 4 is 17.5 Å². The number of benzene rings is 1. The molecular weight excluding hydrogens is 386 g/mol. The van der Waals surface area contributed by atoms with Gasteiger partial charge in [-0.3, -0.25) is 14.4 Å². The third kappa shape index (κ3) is 3.57. The van der Waals surface area contributed by atoms with E-state index in [1.807, 2.05) is 0 Å². The Morgan fingerprint density at radius 1 is 1.10 bits per heavy atom. The van der Waals surface area contributed by atoms with Crippen molar-refractivity contribution in [1.82, 2.24) is 4.90 Å². The molecule has 1 saturated heterocycles. The van der Waals surface area contributed by atoms with E-state index in [-0.39, 0.29) is 12.3 Å². The molecule has 1 aromatic carbocycles. The predicted molar refractivity (Wildman–Crippen MR) is 106 cm³/mol. The summed E-state index contributed by atoms with van der Waals surface area (Å²) in [5.74, 6) is -2.20. The first-order valence-corrected chi connectivity index (χ1v) is 9.38. The molecule has 4 rings (SSSR count). The average molecular weight is 405 g/mol. The Kier molecular flexibility index (Phi) is 5.34. The van der Waals surface area contributed by atoms with Crippen molar-refractivity contribution in [3.05, 3.63) is 90.8 Å². The van der Waals surface area contributed by atoms with Crippen LogP contribution in [0.4, 0.5) is 0 Å². The minimum absolute atomic E-state index is 0.0325. The molecule has 30 heavy (non-hydrogen) atoms. The number of furan rings is 2. The third-order valence-corrected chi connectivity index (χ3v) is 4.93. The zero-order valence-corrected chi connectivity index (χ0v) is 16.0. The van der Waals surface area contributed by atoms with Crippen LogP contribution in [0.3, 0.4) is 0 Å². The summed E-state index contributed by atoms with van der Waals surface area (Å²) in [5, 5.41) is 0. The Bertz CT molecular complexity index is 1070. The molecule has 0 aliphatic carbocycles. The first kappa shape index (κ1) is 19.4. The van der Waals surface area contributed by atoms with Gasteiger partial charge >= 0.3 is 0 Å². The minimum atomic E-state index is -1.23. The molecule has 7 nitrogen and oxygen atoms in total. The molecular formula is C23H19NO6. The van der Waals surface area contributed by atoms with Crippen molar-refractivity contribution in [3.8, 4) is 5.75 Å². The number of carbonyl (C=O) groups is 3. The van der Waals surface area contributed by atoms with Gasteiger partial charge in [-0.1, -0.05) is 24.8 Å². The highest BCUT2D eigenvalue weighted by Gasteiger charge is 2.52. The fourth-order valence-electron chi connectivity index (χ4n) is 3.62. The van der Waals surface area contributed by atoms with Crippen molar-refractivity contribution in [3.63, 3.8) is 0 Å². The normalized spacial score (nSPS) is 18.6. The highest BCUT2D eigenvalue weighted by Crippen LogP contribution is 2.40. The van der Waals surface area contributed by atoms with Crippen LogP contribution in [0.25, 0.3) is 0 Å². The smallest absolute Gasteiger partial charge is 0.291 e. The molecule has 7 heteroatoms. The van der Waals surface area contributed by atoms with Crippen LogP contribution in [-0.2, 0) is 16.1 Å². The summed E-state index contributed by atoms with van der Waals surface area (Å²) >= 11 is 0. The molecule has 2 unspecified atom stereocenters. The third-order valence-electron chi connectivity index (χ3n) is 4.93. The van der Waals surface area contributed by atoms with Gasteiger partial charge in [0.2, 0.25) is 11.6 Å². The summed E-state index contributed by atoms with van der Waals surface area (Å²) in [4.78, 5) is 40.2. The van der Waals surface area contributed by atoms with Crippen molar-refractivity contribution in [1.29, 1.82) is 0 Å². The maximum Gasteiger partial charge on any atom is 0.291 e. The van der Waals surface area contributed by atoms with Gasteiger partial charge in [-0.05, 0) is 42.0 Å². The topological polar surface area (TPSA) is 90.0 Å². The van der Waals surface area contributed by atoms with E-state index >= 15 is 0 Å². The molecule has 2 atom stereocenters. The molecule has 1 aliphatic heterocycles. The second kappa shape index (κ2) is 8.24. The second-order valence-corrected chi connectivity index (χ2v) is 6.81. The van der Waals surface area contributed by atoms with Gasteiger partial charge in [0.25, 0.3) is 5.91 Å². The predicted octanol–water partition coefficient (Wildman–Crippen LogP) is 3.59. The number of carbonyl (C=O) groups excluding carboxylic acids is 3. The van der Waals surface area contributed by atoms with Gasteiger partial charge < -0.3 is 18.5 Å². The monoisotopic (exact) mass is 405 g/mol. The highest BCUT2D eigenvalue weighted by atomic mass is 16.5. The summed E-state index contributed by atoms with van der Waals surface area (Å²) < 4.78 is 16.2. The van der Waals surface area contributed by atoms with E-state index in [0.717, 1.165) is 0 Å². The minimum Gasteiger partial charge on any atom is -0.490 e. The number of rotatable bonds is 8. The van der Waals surface area contributed by atoms with Crippen molar-refractivity contribution in [2.45, 2.75) is 12.6 Å². The number of nitrogens with zero attached hydrogens (tertiary/aromatic N) is 1. The number of ether oxygens (including phenoxy) is 1. The van der Waals surface area contributed by atoms with Gasteiger partial charge in [-0.2, -0.15) is 0 Å². The summed E-state index contributed by atoms with van der Waals surface area (Å²) in [5.41, 5.74) is 0.604. The molecule has 0 radical (unpaired) electrons. The number of likely N-dealkylation sites (tertiary alicyclic amines) is 1. The van der Waals surface area contributed by atoms with Crippen LogP contribution in [0.15, 0.2) is 82.5 Å². The zero-order chi connectivity index (χ0) is 21.1. The van der Waals surface area contributed by atoms with Gasteiger partial charge in [-0.25, -0.2) is 0 Å². The number of hydrogen-bond acceptors (Lipinski definition) is 6. The van der Waals surface area contributed by atoms with Crippen LogP contribution in [0.1, 0.15) is 27.9 Å². The zero-order valence-electron chi connectivity index (χ0n) is 16.0. The lowest BCUT2D eigenvalue weighted by molar-refractivity contribution is -0.141. The lowest BCUT2D eigenvalue weighted by Crippen LogP contribution is -2.30. The van der Waals surface area contributed by atoms with Gasteiger partial charge in [0, 0.05) is 0 Å². The molecule has 2 aromatic heterocycles. The van der Waals surface area contributed by atoms with Crippen LogP contribution in [-0.4, -0.2) is 29.0 Å². The molecule has 1 fully saturated rings. The van der Waals surface area contributed by atoms with Gasteiger partial charge in [0.15, 0.2) is 5.76 Å². The Morgan fingerprint density at radius 2 is 1.90 bits per heavy atom. The van der Waals surface area contributed by atoms with E-state index in [9.17, 15) is 14.4 Å². The van der Waals surface area contributed by atoms with Crippen LogP contribution in [0.2, 0.25) is 0 Å². The quantitative estimate of drug-likeness (QED) is 0.246.